The molecule has 0 unspecified atom stereocenters. The molecule has 6 nitrogen and oxygen atoms in total. The molecular formula is C19H15ClN2O4S. The van der Waals surface area contributed by atoms with Gasteiger partial charge in [-0.3, -0.25) is 4.79 Å². The standard InChI is InChI=1S/C19H15ClN2O4S/c1-11-2-5-13(20)9-15(11)21-19-22-18(25)16(27-19)8-12-3-6-14(7-4-12)26-10-17(23)24/h2-9H,10H2,1H3,(H,23,24)(H,21,22,25). The SMILES string of the molecule is Cc1ccc(Cl)cc1N=C1NC(=O)C(=Cc2ccc(OCC(=O)O)cc2)S1. The van der Waals surface area contributed by atoms with E-state index >= 15 is 0 Å². The quantitative estimate of drug-likeness (QED) is 0.738. The molecule has 1 aliphatic rings. The van der Waals surface area contributed by atoms with Crippen LogP contribution in [0.1, 0.15) is 11.1 Å². The van der Waals surface area contributed by atoms with E-state index in [0.717, 1.165) is 11.1 Å². The average Bonchev–Trinajstić information content (AvgIpc) is 2.96. The number of aryl methyl sites for hydroxylation is 1. The second kappa shape index (κ2) is 8.28. The number of ether oxygens (including phenoxy) is 1. The monoisotopic (exact) mass is 402 g/mol. The van der Waals surface area contributed by atoms with Crippen LogP contribution in [-0.2, 0) is 9.59 Å². The maximum atomic E-state index is 12.2. The lowest BCUT2D eigenvalue weighted by Gasteiger charge is -2.03. The van der Waals surface area contributed by atoms with Gasteiger partial charge in [-0.05, 0) is 60.2 Å². The van der Waals surface area contributed by atoms with Gasteiger partial charge < -0.3 is 15.2 Å². The molecule has 2 N–H and O–H groups in total. The van der Waals surface area contributed by atoms with Crippen LogP contribution in [0.25, 0.3) is 6.08 Å². The number of carbonyl (C=O) groups is 2. The largest absolute Gasteiger partial charge is 0.482 e. The summed E-state index contributed by atoms with van der Waals surface area (Å²) in [5.74, 6) is -0.826. The third-order valence-electron chi connectivity index (χ3n) is 3.58. The maximum absolute atomic E-state index is 12.2. The first-order valence-corrected chi connectivity index (χ1v) is 9.10. The molecule has 0 bridgehead atoms. The van der Waals surface area contributed by atoms with Crippen LogP contribution in [0, 0.1) is 6.92 Å². The number of benzene rings is 2. The Morgan fingerprint density at radius 1 is 1.30 bits per heavy atom. The van der Waals surface area contributed by atoms with Crippen molar-refractivity contribution in [1.29, 1.82) is 0 Å². The minimum absolute atomic E-state index is 0.232. The van der Waals surface area contributed by atoms with Crippen molar-refractivity contribution in [3.63, 3.8) is 0 Å². The molecule has 27 heavy (non-hydrogen) atoms. The summed E-state index contributed by atoms with van der Waals surface area (Å²) in [7, 11) is 0. The molecule has 1 heterocycles. The minimum Gasteiger partial charge on any atom is -0.482 e. The van der Waals surface area contributed by atoms with Gasteiger partial charge >= 0.3 is 5.97 Å². The maximum Gasteiger partial charge on any atom is 0.341 e. The van der Waals surface area contributed by atoms with Gasteiger partial charge in [-0.15, -0.1) is 0 Å². The lowest BCUT2D eigenvalue weighted by Crippen LogP contribution is -2.19. The van der Waals surface area contributed by atoms with E-state index in [-0.39, 0.29) is 5.91 Å². The van der Waals surface area contributed by atoms with Gasteiger partial charge in [0.1, 0.15) is 5.75 Å². The summed E-state index contributed by atoms with van der Waals surface area (Å²) in [5, 5.41) is 12.4. The van der Waals surface area contributed by atoms with Crippen molar-refractivity contribution < 1.29 is 19.4 Å². The molecule has 1 amide bonds. The second-order valence-electron chi connectivity index (χ2n) is 5.66. The van der Waals surface area contributed by atoms with Crippen molar-refractivity contribution in [3.05, 3.63) is 63.5 Å². The van der Waals surface area contributed by atoms with Crippen LogP contribution in [0.2, 0.25) is 5.02 Å². The summed E-state index contributed by atoms with van der Waals surface area (Å²) in [5.41, 5.74) is 2.44. The third-order valence-corrected chi connectivity index (χ3v) is 4.73. The van der Waals surface area contributed by atoms with Crippen LogP contribution in [-0.4, -0.2) is 28.8 Å². The number of nitrogens with one attached hydrogen (secondary N) is 1. The number of thioether (sulfide) groups is 1. The number of carbonyl (C=O) groups excluding carboxylic acids is 1. The van der Waals surface area contributed by atoms with Gasteiger partial charge in [-0.2, -0.15) is 0 Å². The van der Waals surface area contributed by atoms with Gasteiger partial charge in [0.2, 0.25) is 0 Å². The van der Waals surface area contributed by atoms with E-state index in [1.54, 1.807) is 42.5 Å². The third kappa shape index (κ3) is 5.12. The van der Waals surface area contributed by atoms with Gasteiger partial charge in [-0.25, -0.2) is 9.79 Å². The Morgan fingerprint density at radius 3 is 2.74 bits per heavy atom. The molecule has 138 valence electrons. The van der Waals surface area contributed by atoms with Crippen LogP contribution in [0.3, 0.4) is 0 Å². The molecule has 0 atom stereocenters. The molecule has 0 radical (unpaired) electrons. The molecule has 0 saturated carbocycles. The zero-order valence-corrected chi connectivity index (χ0v) is 15.8. The number of carboxylic acids is 1. The Labute approximate surface area is 164 Å². The van der Waals surface area contributed by atoms with Crippen LogP contribution >= 0.6 is 23.4 Å². The summed E-state index contributed by atoms with van der Waals surface area (Å²) in [6, 6.07) is 12.2. The number of hydrogen-bond acceptors (Lipinski definition) is 5. The highest BCUT2D eigenvalue weighted by molar-refractivity contribution is 8.18. The van der Waals surface area contributed by atoms with Gasteiger partial charge in [0.25, 0.3) is 5.91 Å². The molecule has 0 aromatic heterocycles. The number of amidine groups is 1. The highest BCUT2D eigenvalue weighted by Crippen LogP contribution is 2.30. The fourth-order valence-electron chi connectivity index (χ4n) is 2.25. The first-order valence-electron chi connectivity index (χ1n) is 7.91. The molecule has 3 rings (SSSR count). The molecule has 1 aliphatic heterocycles. The second-order valence-corrected chi connectivity index (χ2v) is 7.13. The fourth-order valence-corrected chi connectivity index (χ4v) is 3.25. The summed E-state index contributed by atoms with van der Waals surface area (Å²) < 4.78 is 5.08. The number of nitrogens with zero attached hydrogens (tertiary/aromatic N) is 1. The number of rotatable bonds is 5. The van der Waals surface area contributed by atoms with E-state index in [2.05, 4.69) is 10.3 Å². The van der Waals surface area contributed by atoms with Crippen molar-refractivity contribution in [1.82, 2.24) is 5.32 Å². The summed E-state index contributed by atoms with van der Waals surface area (Å²) in [6.07, 6.45) is 1.73. The average molecular weight is 403 g/mol. The van der Waals surface area contributed by atoms with Gasteiger partial charge in [0, 0.05) is 5.02 Å². The summed E-state index contributed by atoms with van der Waals surface area (Å²) in [6.45, 7) is 1.52. The number of aliphatic imine (C=N–C) groups is 1. The number of halogens is 1. The Hall–Kier alpha value is -2.77. The van der Waals surface area contributed by atoms with Gasteiger partial charge in [0.15, 0.2) is 11.8 Å². The minimum atomic E-state index is -1.04. The lowest BCUT2D eigenvalue weighted by atomic mass is 10.2. The van der Waals surface area contributed by atoms with Gasteiger partial charge in [-0.1, -0.05) is 29.8 Å². The smallest absolute Gasteiger partial charge is 0.341 e. The molecule has 1 saturated heterocycles. The normalized spacial score (nSPS) is 16.6. The Bertz CT molecular complexity index is 955. The number of amides is 1. The highest BCUT2D eigenvalue weighted by atomic mass is 35.5. The fraction of sp³-hybridized carbons (Fsp3) is 0.105. The first kappa shape index (κ1) is 19.0. The van der Waals surface area contributed by atoms with Crippen molar-refractivity contribution in [2.75, 3.05) is 6.61 Å². The Morgan fingerprint density at radius 2 is 2.04 bits per heavy atom. The molecule has 2 aromatic rings. The molecule has 8 heteroatoms. The number of aliphatic carboxylic acids is 1. The zero-order chi connectivity index (χ0) is 19.4. The molecule has 1 fully saturated rings. The lowest BCUT2D eigenvalue weighted by molar-refractivity contribution is -0.139. The van der Waals surface area contributed by atoms with Gasteiger partial charge in [0.05, 0.1) is 10.6 Å². The zero-order valence-electron chi connectivity index (χ0n) is 14.2. The summed E-state index contributed by atoms with van der Waals surface area (Å²) >= 11 is 7.24. The van der Waals surface area contributed by atoms with Crippen molar-refractivity contribution in [2.24, 2.45) is 4.99 Å². The van der Waals surface area contributed by atoms with E-state index in [1.165, 1.54) is 11.8 Å². The topological polar surface area (TPSA) is 88.0 Å². The van der Waals surface area contributed by atoms with Crippen molar-refractivity contribution in [3.8, 4) is 5.75 Å². The van der Waals surface area contributed by atoms with Crippen molar-refractivity contribution in [2.45, 2.75) is 6.92 Å². The van der Waals surface area contributed by atoms with Crippen LogP contribution in [0.5, 0.6) is 5.75 Å². The highest BCUT2D eigenvalue weighted by Gasteiger charge is 2.24. The summed E-state index contributed by atoms with van der Waals surface area (Å²) in [4.78, 5) is 27.7. The Balaban J connectivity index is 1.74. The number of carboxylic acid groups (broad SMARTS) is 1. The van der Waals surface area contributed by atoms with E-state index in [4.69, 9.17) is 21.4 Å². The molecule has 2 aromatic carbocycles. The molecular weight excluding hydrogens is 388 g/mol. The van der Waals surface area contributed by atoms with E-state index in [1.807, 2.05) is 13.0 Å². The van der Waals surface area contributed by atoms with E-state index in [9.17, 15) is 9.59 Å². The van der Waals surface area contributed by atoms with Crippen LogP contribution in [0.15, 0.2) is 52.4 Å². The Kier molecular flexibility index (Phi) is 5.83. The molecule has 0 aliphatic carbocycles. The predicted molar refractivity (Wildman–Crippen MR) is 107 cm³/mol. The van der Waals surface area contributed by atoms with E-state index in [0.29, 0.717) is 26.5 Å². The predicted octanol–water partition coefficient (Wildman–Crippen LogP) is 4.00. The first-order chi connectivity index (χ1) is 12.9. The number of hydrogen-bond donors (Lipinski definition) is 2. The van der Waals surface area contributed by atoms with E-state index < -0.39 is 12.6 Å². The van der Waals surface area contributed by atoms with Crippen LogP contribution < -0.4 is 10.1 Å². The van der Waals surface area contributed by atoms with Crippen LogP contribution in [0.4, 0.5) is 5.69 Å². The molecule has 0 spiro atoms. The van der Waals surface area contributed by atoms with Crippen molar-refractivity contribution >= 4 is 52.2 Å².